The Morgan fingerprint density at radius 1 is 0.889 bits per heavy atom. The molecule has 1 aliphatic rings. The summed E-state index contributed by atoms with van der Waals surface area (Å²) >= 11 is 0. The number of carbonyl (C=O) groups excluding carboxylic acids is 1. The minimum absolute atomic E-state index is 0.159. The van der Waals surface area contributed by atoms with Crippen molar-refractivity contribution < 1.29 is 49.0 Å². The third-order valence-electron chi connectivity index (χ3n) is 6.21. The van der Waals surface area contributed by atoms with Gasteiger partial charge in [0.1, 0.15) is 0 Å². The van der Waals surface area contributed by atoms with E-state index in [-0.39, 0.29) is 13.0 Å². The van der Waals surface area contributed by atoms with Crippen molar-refractivity contribution in [2.45, 2.75) is 50.4 Å². The minimum Gasteiger partial charge on any atom is -0.469 e. The Balaban J connectivity index is 2.05. The molecule has 2 aromatic rings. The molecular formula is C24H22F9NO2. The van der Waals surface area contributed by atoms with E-state index < -0.39 is 65.3 Å². The number of carbonyl (C=O) groups is 1. The Kier molecular flexibility index (Phi) is 7.97. The fourth-order valence-electron chi connectivity index (χ4n) is 4.59. The number of hydrogen-bond donors (Lipinski definition) is 0. The van der Waals surface area contributed by atoms with Gasteiger partial charge in [0.2, 0.25) is 0 Å². The molecule has 1 heterocycles. The van der Waals surface area contributed by atoms with Crippen molar-refractivity contribution in [3.63, 3.8) is 0 Å². The number of likely N-dealkylation sites (tertiary alicyclic amines) is 1. The number of piperidine rings is 1. The van der Waals surface area contributed by atoms with Crippen LogP contribution in [-0.4, -0.2) is 24.5 Å². The van der Waals surface area contributed by atoms with Gasteiger partial charge in [0.25, 0.3) is 0 Å². The summed E-state index contributed by atoms with van der Waals surface area (Å²) in [5.41, 5.74) is -3.74. The highest BCUT2D eigenvalue weighted by Gasteiger charge is 2.40. The summed E-state index contributed by atoms with van der Waals surface area (Å²) in [6.07, 6.45) is -13.7. The van der Waals surface area contributed by atoms with Crippen LogP contribution in [0.5, 0.6) is 0 Å². The number of ether oxygens (including phenoxy) is 1. The van der Waals surface area contributed by atoms with Crippen LogP contribution in [0.15, 0.2) is 42.5 Å². The predicted molar refractivity (Wildman–Crippen MR) is 110 cm³/mol. The molecule has 0 spiro atoms. The number of hydrogen-bond acceptors (Lipinski definition) is 3. The Bertz CT molecular complexity index is 1060. The highest BCUT2D eigenvalue weighted by molar-refractivity contribution is 5.69. The third kappa shape index (κ3) is 6.51. The zero-order chi connectivity index (χ0) is 26.9. The zero-order valence-electron chi connectivity index (χ0n) is 18.9. The largest absolute Gasteiger partial charge is 0.469 e. The lowest BCUT2D eigenvalue weighted by Gasteiger charge is -2.42. The van der Waals surface area contributed by atoms with Crippen LogP contribution in [0.4, 0.5) is 39.5 Å². The highest BCUT2D eigenvalue weighted by atomic mass is 19.4. The van der Waals surface area contributed by atoms with Gasteiger partial charge in [0.15, 0.2) is 0 Å². The fourth-order valence-corrected chi connectivity index (χ4v) is 4.59. The average molecular weight is 527 g/mol. The number of esters is 1. The number of alkyl halides is 9. The molecule has 1 fully saturated rings. The Morgan fingerprint density at radius 2 is 1.47 bits per heavy atom. The zero-order valence-corrected chi connectivity index (χ0v) is 18.9. The first-order valence-electron chi connectivity index (χ1n) is 10.9. The van der Waals surface area contributed by atoms with Gasteiger partial charge in [0.05, 0.1) is 30.2 Å². The molecule has 0 aliphatic carbocycles. The van der Waals surface area contributed by atoms with E-state index in [1.807, 2.05) is 0 Å². The molecule has 3 rings (SSSR count). The molecule has 3 nitrogen and oxygen atoms in total. The lowest BCUT2D eigenvalue weighted by Crippen LogP contribution is -2.40. The monoisotopic (exact) mass is 527 g/mol. The van der Waals surface area contributed by atoms with Crippen molar-refractivity contribution >= 4 is 5.97 Å². The Labute approximate surface area is 200 Å². The second-order valence-corrected chi connectivity index (χ2v) is 8.59. The molecule has 0 radical (unpaired) electrons. The smallest absolute Gasteiger partial charge is 0.416 e. The molecule has 198 valence electrons. The average Bonchev–Trinajstić information content (AvgIpc) is 2.77. The van der Waals surface area contributed by atoms with Crippen molar-refractivity contribution in [2.75, 3.05) is 13.7 Å². The van der Waals surface area contributed by atoms with Crippen LogP contribution in [-0.2, 0) is 34.6 Å². The first kappa shape index (κ1) is 27.8. The molecule has 0 N–H and O–H groups in total. The van der Waals surface area contributed by atoms with Gasteiger partial charge >= 0.3 is 24.5 Å². The van der Waals surface area contributed by atoms with Gasteiger partial charge in [-0.05, 0) is 66.8 Å². The molecule has 0 bridgehead atoms. The van der Waals surface area contributed by atoms with E-state index in [4.69, 9.17) is 4.74 Å². The normalized spacial score (nSPS) is 19.8. The van der Waals surface area contributed by atoms with E-state index in [9.17, 15) is 44.3 Å². The summed E-state index contributed by atoms with van der Waals surface area (Å²) in [4.78, 5) is 13.5. The van der Waals surface area contributed by atoms with Crippen molar-refractivity contribution in [1.82, 2.24) is 4.90 Å². The molecule has 1 saturated heterocycles. The van der Waals surface area contributed by atoms with Crippen LogP contribution < -0.4 is 0 Å². The first-order chi connectivity index (χ1) is 16.6. The SMILES string of the molecule is COC(=O)C[C@@H]1CCCN(Cc2cc(C(F)(F)F)ccc2C(F)(F)F)[C@H]1c1ccc(C(F)(F)F)cc1. The summed E-state index contributed by atoms with van der Waals surface area (Å²) < 4.78 is 124. The lowest BCUT2D eigenvalue weighted by atomic mass is 9.82. The third-order valence-corrected chi connectivity index (χ3v) is 6.21. The van der Waals surface area contributed by atoms with Crippen molar-refractivity contribution in [3.05, 3.63) is 70.3 Å². The van der Waals surface area contributed by atoms with Crippen LogP contribution in [0.25, 0.3) is 0 Å². The van der Waals surface area contributed by atoms with Gasteiger partial charge in [-0.1, -0.05) is 12.1 Å². The van der Waals surface area contributed by atoms with Crippen molar-refractivity contribution in [3.8, 4) is 0 Å². The standard InChI is InChI=1S/C24H22F9NO2/c1-36-20(35)12-15-3-2-10-34(21(15)14-4-6-17(7-5-14)22(25,26)27)13-16-11-18(23(28,29)30)8-9-19(16)24(31,32)33/h4-9,11,15,21H,2-3,10,12-13H2,1H3/t15-,21-/m0/s1. The van der Waals surface area contributed by atoms with E-state index in [2.05, 4.69) is 0 Å². The molecule has 36 heavy (non-hydrogen) atoms. The van der Waals surface area contributed by atoms with Gasteiger partial charge in [-0.3, -0.25) is 9.69 Å². The van der Waals surface area contributed by atoms with Gasteiger partial charge in [-0.15, -0.1) is 0 Å². The molecule has 2 atom stereocenters. The second-order valence-electron chi connectivity index (χ2n) is 8.59. The molecule has 0 unspecified atom stereocenters. The molecule has 0 saturated carbocycles. The minimum atomic E-state index is -4.93. The van der Waals surface area contributed by atoms with Crippen LogP contribution >= 0.6 is 0 Å². The van der Waals surface area contributed by atoms with E-state index in [0.29, 0.717) is 36.6 Å². The lowest BCUT2D eigenvalue weighted by molar-refractivity contribution is -0.143. The second kappa shape index (κ2) is 10.3. The summed E-state index contributed by atoms with van der Waals surface area (Å²) in [6, 6.07) is 4.34. The van der Waals surface area contributed by atoms with Crippen LogP contribution in [0, 0.1) is 5.92 Å². The van der Waals surface area contributed by atoms with Crippen molar-refractivity contribution in [2.24, 2.45) is 5.92 Å². The summed E-state index contributed by atoms with van der Waals surface area (Å²) in [5.74, 6) is -1.16. The predicted octanol–water partition coefficient (Wildman–Crippen LogP) is 7.26. The number of halogens is 9. The maximum Gasteiger partial charge on any atom is 0.416 e. The summed E-state index contributed by atoms with van der Waals surface area (Å²) in [5, 5.41) is 0. The molecule has 0 amide bonds. The van der Waals surface area contributed by atoms with Gasteiger partial charge in [-0.25, -0.2) is 0 Å². The number of benzene rings is 2. The summed E-state index contributed by atoms with van der Waals surface area (Å²) in [6.45, 7) is -0.390. The van der Waals surface area contributed by atoms with Crippen LogP contribution in [0.3, 0.4) is 0 Å². The first-order valence-corrected chi connectivity index (χ1v) is 10.9. The molecule has 1 aliphatic heterocycles. The van der Waals surface area contributed by atoms with Crippen LogP contribution in [0.1, 0.15) is 53.1 Å². The maximum atomic E-state index is 13.6. The molecule has 2 aromatic carbocycles. The van der Waals surface area contributed by atoms with E-state index in [0.717, 1.165) is 19.2 Å². The number of methoxy groups -OCH3 is 1. The molecule has 12 heteroatoms. The van der Waals surface area contributed by atoms with Crippen LogP contribution in [0.2, 0.25) is 0 Å². The Morgan fingerprint density at radius 3 is 2.00 bits per heavy atom. The maximum absolute atomic E-state index is 13.6. The fraction of sp³-hybridized carbons (Fsp3) is 0.458. The van der Waals surface area contributed by atoms with Gasteiger partial charge < -0.3 is 4.74 Å². The molecule has 0 aromatic heterocycles. The van der Waals surface area contributed by atoms with E-state index in [1.54, 1.807) is 0 Å². The van der Waals surface area contributed by atoms with E-state index in [1.165, 1.54) is 17.0 Å². The van der Waals surface area contributed by atoms with E-state index >= 15 is 0 Å². The van der Waals surface area contributed by atoms with Gasteiger partial charge in [0, 0.05) is 12.6 Å². The summed E-state index contributed by atoms with van der Waals surface area (Å²) in [7, 11) is 1.15. The topological polar surface area (TPSA) is 29.5 Å². The molecular weight excluding hydrogens is 505 g/mol. The van der Waals surface area contributed by atoms with Crippen molar-refractivity contribution in [1.29, 1.82) is 0 Å². The number of rotatable bonds is 5. The highest BCUT2D eigenvalue weighted by Crippen LogP contribution is 2.42. The Hall–Kier alpha value is -2.76. The quantitative estimate of drug-likeness (QED) is 0.303. The number of nitrogens with zero attached hydrogens (tertiary/aromatic N) is 1. The van der Waals surface area contributed by atoms with Gasteiger partial charge in [-0.2, -0.15) is 39.5 Å².